The maximum Gasteiger partial charge on any atom is -0.0355 e. The molecule has 0 N–H and O–H groups in total. The largest absolute Gasteiger partial charge is 0.0527 e. The zero-order valence-corrected chi connectivity index (χ0v) is 6.55. The maximum absolute atomic E-state index is 1.62. The second kappa shape index (κ2) is 1.78. The van der Waals surface area contributed by atoms with Gasteiger partial charge in [-0.3, -0.25) is 0 Å². The first kappa shape index (κ1) is 5.62. The zero-order valence-electron chi connectivity index (χ0n) is 6.55. The van der Waals surface area contributed by atoms with E-state index in [1.165, 1.54) is 23.7 Å². The minimum absolute atomic E-state index is 1.19. The standard InChI is InChI=1S/C10H16/c1-2-9-7-4-5-8(6-7)10(9)3-1/h7-10H,1-6H2/t7-,8-,9-,10-/m0/s1. The van der Waals surface area contributed by atoms with Crippen LogP contribution in [0.1, 0.15) is 38.5 Å². The maximum atomic E-state index is 1.62. The van der Waals surface area contributed by atoms with Crippen LogP contribution in [0.15, 0.2) is 0 Å². The molecule has 0 nitrogen and oxygen atoms in total. The number of fused-ring (bicyclic) bond motifs is 5. The number of hydrogen-bond acceptors (Lipinski definition) is 0. The summed E-state index contributed by atoms with van der Waals surface area (Å²) in [6.07, 6.45) is 9.53. The molecule has 0 amide bonds. The Balaban J connectivity index is 1.92. The van der Waals surface area contributed by atoms with Crippen LogP contribution in [0.3, 0.4) is 0 Å². The summed E-state index contributed by atoms with van der Waals surface area (Å²) in [4.78, 5) is 0. The molecule has 0 heteroatoms. The Hall–Kier alpha value is 0. The van der Waals surface area contributed by atoms with Gasteiger partial charge in [0, 0.05) is 0 Å². The lowest BCUT2D eigenvalue weighted by Gasteiger charge is -2.23. The van der Waals surface area contributed by atoms with E-state index in [9.17, 15) is 0 Å². The lowest BCUT2D eigenvalue weighted by atomic mass is 9.82. The van der Waals surface area contributed by atoms with Gasteiger partial charge in [0.25, 0.3) is 0 Å². The van der Waals surface area contributed by atoms with Gasteiger partial charge in [0.1, 0.15) is 0 Å². The van der Waals surface area contributed by atoms with Crippen molar-refractivity contribution in [3.8, 4) is 0 Å². The van der Waals surface area contributed by atoms with Gasteiger partial charge >= 0.3 is 0 Å². The zero-order chi connectivity index (χ0) is 6.55. The van der Waals surface area contributed by atoms with Crippen molar-refractivity contribution >= 4 is 0 Å². The van der Waals surface area contributed by atoms with Gasteiger partial charge in [-0.1, -0.05) is 6.42 Å². The highest BCUT2D eigenvalue weighted by molar-refractivity contribution is 4.98. The monoisotopic (exact) mass is 136 g/mol. The molecule has 0 radical (unpaired) electrons. The Bertz CT molecular complexity index is 134. The van der Waals surface area contributed by atoms with Crippen molar-refractivity contribution in [2.45, 2.75) is 38.5 Å². The van der Waals surface area contributed by atoms with Gasteiger partial charge in [-0.25, -0.2) is 0 Å². The second-order valence-corrected chi connectivity index (χ2v) is 4.59. The van der Waals surface area contributed by atoms with E-state index in [2.05, 4.69) is 0 Å². The Kier molecular flexibility index (Phi) is 1.00. The third kappa shape index (κ3) is 0.538. The van der Waals surface area contributed by atoms with E-state index in [0.29, 0.717) is 0 Å². The second-order valence-electron chi connectivity index (χ2n) is 4.59. The van der Waals surface area contributed by atoms with E-state index in [4.69, 9.17) is 0 Å². The van der Waals surface area contributed by atoms with Crippen molar-refractivity contribution in [2.24, 2.45) is 23.7 Å². The SMILES string of the molecule is C1C[C@H]2[C@H]3CC[C@@H](C3)[C@@H]2C1. The highest BCUT2D eigenvalue weighted by Gasteiger charge is 2.48. The topological polar surface area (TPSA) is 0 Å². The van der Waals surface area contributed by atoms with Gasteiger partial charge in [-0.2, -0.15) is 0 Å². The Labute approximate surface area is 63.0 Å². The summed E-state index contributed by atoms with van der Waals surface area (Å²) in [6.45, 7) is 0. The lowest BCUT2D eigenvalue weighted by Crippen LogP contribution is -2.15. The molecule has 0 aromatic heterocycles. The summed E-state index contributed by atoms with van der Waals surface area (Å²) in [6, 6.07) is 0. The molecule has 0 saturated heterocycles. The average molecular weight is 136 g/mol. The average Bonchev–Trinajstić information content (AvgIpc) is 2.60. The minimum Gasteiger partial charge on any atom is -0.0527 e. The van der Waals surface area contributed by atoms with Crippen molar-refractivity contribution in [3.05, 3.63) is 0 Å². The molecule has 3 aliphatic carbocycles. The lowest BCUT2D eigenvalue weighted by molar-refractivity contribution is 0.259. The molecule has 3 saturated carbocycles. The molecule has 0 aliphatic heterocycles. The van der Waals surface area contributed by atoms with Gasteiger partial charge in [0.15, 0.2) is 0 Å². The molecule has 3 fully saturated rings. The third-order valence-electron chi connectivity index (χ3n) is 4.35. The molecule has 3 rings (SSSR count). The van der Waals surface area contributed by atoms with Gasteiger partial charge < -0.3 is 0 Å². The van der Waals surface area contributed by atoms with E-state index in [1.807, 2.05) is 0 Å². The fourth-order valence-corrected chi connectivity index (χ4v) is 4.02. The quantitative estimate of drug-likeness (QED) is 0.480. The van der Waals surface area contributed by atoms with E-state index in [-0.39, 0.29) is 0 Å². The molecule has 3 aliphatic rings. The highest BCUT2D eigenvalue weighted by atomic mass is 14.5. The van der Waals surface area contributed by atoms with Crippen LogP contribution in [-0.4, -0.2) is 0 Å². The van der Waals surface area contributed by atoms with Crippen molar-refractivity contribution in [2.75, 3.05) is 0 Å². The van der Waals surface area contributed by atoms with Crippen molar-refractivity contribution < 1.29 is 0 Å². The smallest absolute Gasteiger partial charge is 0.0355 e. The molecule has 0 aromatic carbocycles. The molecule has 0 aromatic rings. The number of hydrogen-bond donors (Lipinski definition) is 0. The molecule has 56 valence electrons. The van der Waals surface area contributed by atoms with Crippen molar-refractivity contribution in [1.29, 1.82) is 0 Å². The first-order valence-corrected chi connectivity index (χ1v) is 4.95. The van der Waals surface area contributed by atoms with Crippen LogP contribution < -0.4 is 0 Å². The summed E-state index contributed by atoms with van der Waals surface area (Å²) < 4.78 is 0. The predicted octanol–water partition coefficient (Wildman–Crippen LogP) is 2.83. The van der Waals surface area contributed by atoms with Crippen LogP contribution >= 0.6 is 0 Å². The molecule has 0 heterocycles. The highest BCUT2D eigenvalue weighted by Crippen LogP contribution is 2.58. The fraction of sp³-hybridized carbons (Fsp3) is 1.00. The Morgan fingerprint density at radius 1 is 0.700 bits per heavy atom. The molecule has 2 bridgehead atoms. The molecule has 0 unspecified atom stereocenters. The summed E-state index contributed by atoms with van der Waals surface area (Å²) >= 11 is 0. The molecule has 0 spiro atoms. The molecule has 10 heavy (non-hydrogen) atoms. The molecule has 4 atom stereocenters. The Morgan fingerprint density at radius 2 is 1.30 bits per heavy atom. The van der Waals surface area contributed by atoms with Crippen molar-refractivity contribution in [3.63, 3.8) is 0 Å². The molecular weight excluding hydrogens is 120 g/mol. The van der Waals surface area contributed by atoms with Gasteiger partial charge in [0.2, 0.25) is 0 Å². The van der Waals surface area contributed by atoms with Crippen molar-refractivity contribution in [1.82, 2.24) is 0 Å². The van der Waals surface area contributed by atoms with Crippen LogP contribution in [0.2, 0.25) is 0 Å². The molecular formula is C10H16. The van der Waals surface area contributed by atoms with E-state index >= 15 is 0 Å². The summed E-state index contributed by atoms with van der Waals surface area (Å²) in [7, 11) is 0. The fourth-order valence-electron chi connectivity index (χ4n) is 4.02. The van der Waals surface area contributed by atoms with Gasteiger partial charge in [0.05, 0.1) is 0 Å². The van der Waals surface area contributed by atoms with E-state index < -0.39 is 0 Å². The Morgan fingerprint density at radius 3 is 1.90 bits per heavy atom. The van der Waals surface area contributed by atoms with Crippen LogP contribution in [0.5, 0.6) is 0 Å². The summed E-state index contributed by atoms with van der Waals surface area (Å²) in [5.41, 5.74) is 0. The normalized spacial score (nSPS) is 57.6. The first-order chi connectivity index (χ1) is 4.95. The third-order valence-corrected chi connectivity index (χ3v) is 4.35. The van der Waals surface area contributed by atoms with Gasteiger partial charge in [-0.15, -0.1) is 0 Å². The van der Waals surface area contributed by atoms with Crippen LogP contribution in [0.25, 0.3) is 0 Å². The summed E-state index contributed by atoms with van der Waals surface area (Å²) in [5, 5.41) is 0. The van der Waals surface area contributed by atoms with Crippen LogP contribution in [0, 0.1) is 23.7 Å². The number of rotatable bonds is 0. The van der Waals surface area contributed by atoms with Crippen LogP contribution in [-0.2, 0) is 0 Å². The summed E-state index contributed by atoms with van der Waals surface area (Å²) in [5.74, 6) is 4.80. The minimum atomic E-state index is 1.19. The predicted molar refractivity (Wildman–Crippen MR) is 41.7 cm³/mol. The van der Waals surface area contributed by atoms with E-state index in [0.717, 1.165) is 0 Å². The first-order valence-electron chi connectivity index (χ1n) is 4.95. The van der Waals surface area contributed by atoms with Gasteiger partial charge in [-0.05, 0) is 55.8 Å². The van der Waals surface area contributed by atoms with E-state index in [1.54, 1.807) is 38.5 Å². The van der Waals surface area contributed by atoms with Crippen LogP contribution in [0.4, 0.5) is 0 Å².